The maximum atomic E-state index is 5.82. The van der Waals surface area contributed by atoms with Crippen LogP contribution in [-0.4, -0.2) is 0 Å². The van der Waals surface area contributed by atoms with Gasteiger partial charge in [0.25, 0.3) is 0 Å². The number of benzene rings is 2. The Bertz CT molecular complexity index is 506. The van der Waals surface area contributed by atoms with E-state index in [0.29, 0.717) is 12.5 Å². The predicted octanol–water partition coefficient (Wildman–Crippen LogP) is 4.42. The molecule has 0 radical (unpaired) electrons. The van der Waals surface area contributed by atoms with E-state index >= 15 is 0 Å². The average Bonchev–Trinajstić information content (AvgIpc) is 2.39. The summed E-state index contributed by atoms with van der Waals surface area (Å²) in [5, 5.41) is 0. The SMILES string of the molecule is CC(C)c1ccc(CN)c(Sc2ccccc2)c1. The second kappa shape index (κ2) is 6.07. The highest BCUT2D eigenvalue weighted by Gasteiger charge is 2.07. The van der Waals surface area contributed by atoms with Crippen molar-refractivity contribution in [2.75, 3.05) is 0 Å². The van der Waals surface area contributed by atoms with Crippen LogP contribution in [0.25, 0.3) is 0 Å². The zero-order chi connectivity index (χ0) is 13.0. The summed E-state index contributed by atoms with van der Waals surface area (Å²) in [7, 11) is 0. The molecule has 0 fully saturated rings. The molecular formula is C16H19NS. The molecule has 18 heavy (non-hydrogen) atoms. The van der Waals surface area contributed by atoms with E-state index < -0.39 is 0 Å². The van der Waals surface area contributed by atoms with Crippen molar-refractivity contribution in [2.45, 2.75) is 36.1 Å². The van der Waals surface area contributed by atoms with Gasteiger partial charge in [-0.1, -0.05) is 55.9 Å². The molecule has 0 aliphatic carbocycles. The molecule has 94 valence electrons. The predicted molar refractivity (Wildman–Crippen MR) is 79.0 cm³/mol. The highest BCUT2D eigenvalue weighted by atomic mass is 32.2. The van der Waals surface area contributed by atoms with Crippen molar-refractivity contribution in [1.82, 2.24) is 0 Å². The first-order chi connectivity index (χ1) is 8.70. The minimum atomic E-state index is 0.548. The van der Waals surface area contributed by atoms with Crippen molar-refractivity contribution in [3.8, 4) is 0 Å². The van der Waals surface area contributed by atoms with E-state index in [1.807, 2.05) is 6.07 Å². The van der Waals surface area contributed by atoms with E-state index in [0.717, 1.165) is 0 Å². The zero-order valence-corrected chi connectivity index (χ0v) is 11.7. The second-order valence-corrected chi connectivity index (χ2v) is 5.76. The third kappa shape index (κ3) is 3.15. The molecule has 0 aromatic heterocycles. The van der Waals surface area contributed by atoms with Crippen molar-refractivity contribution < 1.29 is 0 Å². The van der Waals surface area contributed by atoms with Gasteiger partial charge in [-0.05, 0) is 35.2 Å². The molecule has 0 heterocycles. The fraction of sp³-hybridized carbons (Fsp3) is 0.250. The Morgan fingerprint density at radius 2 is 1.78 bits per heavy atom. The first kappa shape index (κ1) is 13.2. The van der Waals surface area contributed by atoms with Gasteiger partial charge >= 0.3 is 0 Å². The summed E-state index contributed by atoms with van der Waals surface area (Å²) in [5.74, 6) is 0.548. The Kier molecular flexibility index (Phi) is 4.45. The van der Waals surface area contributed by atoms with Crippen molar-refractivity contribution in [3.63, 3.8) is 0 Å². The lowest BCUT2D eigenvalue weighted by Crippen LogP contribution is -1.99. The van der Waals surface area contributed by atoms with E-state index in [9.17, 15) is 0 Å². The van der Waals surface area contributed by atoms with E-state index in [-0.39, 0.29) is 0 Å². The van der Waals surface area contributed by atoms with Crippen LogP contribution in [0.3, 0.4) is 0 Å². The third-order valence-corrected chi connectivity index (χ3v) is 4.06. The molecule has 0 aliphatic heterocycles. The molecule has 0 amide bonds. The van der Waals surface area contributed by atoms with Crippen LogP contribution in [0.1, 0.15) is 30.9 Å². The topological polar surface area (TPSA) is 26.0 Å². The number of hydrogen-bond acceptors (Lipinski definition) is 2. The molecule has 0 spiro atoms. The molecule has 2 rings (SSSR count). The van der Waals surface area contributed by atoms with E-state index in [4.69, 9.17) is 5.73 Å². The van der Waals surface area contributed by atoms with Crippen LogP contribution >= 0.6 is 11.8 Å². The molecule has 2 aromatic carbocycles. The van der Waals surface area contributed by atoms with Crippen LogP contribution in [0, 0.1) is 0 Å². The van der Waals surface area contributed by atoms with Gasteiger partial charge in [0, 0.05) is 16.3 Å². The molecule has 1 nitrogen and oxygen atoms in total. The third-order valence-electron chi connectivity index (χ3n) is 2.95. The van der Waals surface area contributed by atoms with Crippen molar-refractivity contribution in [3.05, 3.63) is 59.7 Å². The summed E-state index contributed by atoms with van der Waals surface area (Å²) >= 11 is 1.79. The lowest BCUT2D eigenvalue weighted by Gasteiger charge is -2.12. The van der Waals surface area contributed by atoms with Crippen molar-refractivity contribution >= 4 is 11.8 Å². The van der Waals surface area contributed by atoms with Gasteiger partial charge < -0.3 is 5.73 Å². The van der Waals surface area contributed by atoms with Gasteiger partial charge in [0.05, 0.1) is 0 Å². The lowest BCUT2D eigenvalue weighted by molar-refractivity contribution is 0.857. The first-order valence-electron chi connectivity index (χ1n) is 6.26. The highest BCUT2D eigenvalue weighted by Crippen LogP contribution is 2.32. The van der Waals surface area contributed by atoms with E-state index in [1.165, 1.54) is 20.9 Å². The fourth-order valence-electron chi connectivity index (χ4n) is 1.81. The largest absolute Gasteiger partial charge is 0.326 e. The van der Waals surface area contributed by atoms with Crippen molar-refractivity contribution in [1.29, 1.82) is 0 Å². The summed E-state index contributed by atoms with van der Waals surface area (Å²) in [5.41, 5.74) is 8.40. The van der Waals surface area contributed by atoms with Gasteiger partial charge in [-0.3, -0.25) is 0 Å². The van der Waals surface area contributed by atoms with Crippen LogP contribution in [0.2, 0.25) is 0 Å². The van der Waals surface area contributed by atoms with Gasteiger partial charge in [-0.2, -0.15) is 0 Å². The van der Waals surface area contributed by atoms with Gasteiger partial charge in [0.1, 0.15) is 0 Å². The van der Waals surface area contributed by atoms with Crippen LogP contribution in [-0.2, 0) is 6.54 Å². The van der Waals surface area contributed by atoms with Crippen LogP contribution in [0.4, 0.5) is 0 Å². The molecule has 0 aliphatic rings. The quantitative estimate of drug-likeness (QED) is 0.877. The lowest BCUT2D eigenvalue weighted by atomic mass is 10.0. The number of hydrogen-bond donors (Lipinski definition) is 1. The molecule has 0 saturated heterocycles. The summed E-state index contributed by atoms with van der Waals surface area (Å²) in [6.07, 6.45) is 0. The van der Waals surface area contributed by atoms with Crippen LogP contribution in [0.15, 0.2) is 58.3 Å². The minimum Gasteiger partial charge on any atom is -0.326 e. The Hall–Kier alpha value is -1.25. The molecule has 0 atom stereocenters. The Morgan fingerprint density at radius 1 is 1.06 bits per heavy atom. The minimum absolute atomic E-state index is 0.548. The van der Waals surface area contributed by atoms with Gasteiger partial charge in [0.2, 0.25) is 0 Å². The van der Waals surface area contributed by atoms with E-state index in [1.54, 1.807) is 11.8 Å². The van der Waals surface area contributed by atoms with Crippen LogP contribution in [0.5, 0.6) is 0 Å². The monoisotopic (exact) mass is 257 g/mol. The summed E-state index contributed by atoms with van der Waals surface area (Å²) in [6.45, 7) is 5.02. The Labute approximate surface area is 113 Å². The standard InChI is InChI=1S/C16H19NS/c1-12(2)13-8-9-14(11-17)16(10-13)18-15-6-4-3-5-7-15/h3-10,12H,11,17H2,1-2H3. The summed E-state index contributed by atoms with van der Waals surface area (Å²) < 4.78 is 0. The summed E-state index contributed by atoms with van der Waals surface area (Å²) in [6, 6.07) is 17.0. The maximum absolute atomic E-state index is 5.82. The van der Waals surface area contributed by atoms with Gasteiger partial charge in [-0.25, -0.2) is 0 Å². The molecule has 0 bridgehead atoms. The van der Waals surface area contributed by atoms with Gasteiger partial charge in [0.15, 0.2) is 0 Å². The van der Waals surface area contributed by atoms with E-state index in [2.05, 4.69) is 56.3 Å². The smallest absolute Gasteiger partial charge is 0.0189 e. The molecule has 2 aromatic rings. The number of nitrogens with two attached hydrogens (primary N) is 1. The molecule has 2 N–H and O–H groups in total. The summed E-state index contributed by atoms with van der Waals surface area (Å²) in [4.78, 5) is 2.53. The zero-order valence-electron chi connectivity index (χ0n) is 10.9. The molecule has 2 heteroatoms. The Morgan fingerprint density at radius 3 is 2.39 bits per heavy atom. The Balaban J connectivity index is 2.32. The highest BCUT2D eigenvalue weighted by molar-refractivity contribution is 7.99. The van der Waals surface area contributed by atoms with Crippen molar-refractivity contribution in [2.24, 2.45) is 5.73 Å². The first-order valence-corrected chi connectivity index (χ1v) is 7.08. The molecule has 0 saturated carbocycles. The average molecular weight is 257 g/mol. The normalized spacial score (nSPS) is 10.9. The van der Waals surface area contributed by atoms with Crippen LogP contribution < -0.4 is 5.73 Å². The molecule has 0 unspecified atom stereocenters. The maximum Gasteiger partial charge on any atom is 0.0189 e. The number of rotatable bonds is 4. The second-order valence-electron chi connectivity index (χ2n) is 4.64. The molecular weight excluding hydrogens is 238 g/mol. The fourth-order valence-corrected chi connectivity index (χ4v) is 2.83. The van der Waals surface area contributed by atoms with Gasteiger partial charge in [-0.15, -0.1) is 0 Å².